The fourth-order valence-corrected chi connectivity index (χ4v) is 2.21. The second-order valence-corrected chi connectivity index (χ2v) is 4.10. The summed E-state index contributed by atoms with van der Waals surface area (Å²) >= 11 is 5.86. The highest BCUT2D eigenvalue weighted by Gasteiger charge is 2.13. The van der Waals surface area contributed by atoms with Crippen molar-refractivity contribution in [2.45, 2.75) is 32.7 Å². The van der Waals surface area contributed by atoms with E-state index in [0.717, 1.165) is 30.2 Å². The van der Waals surface area contributed by atoms with Gasteiger partial charge in [-0.3, -0.25) is 0 Å². The highest BCUT2D eigenvalue weighted by Crippen LogP contribution is 2.23. The van der Waals surface area contributed by atoms with Crippen LogP contribution in [0.3, 0.4) is 0 Å². The van der Waals surface area contributed by atoms with Crippen molar-refractivity contribution in [1.29, 1.82) is 0 Å². The van der Waals surface area contributed by atoms with Crippen molar-refractivity contribution in [1.82, 2.24) is 14.8 Å². The largest absolute Gasteiger partial charge is 0.310 e. The summed E-state index contributed by atoms with van der Waals surface area (Å²) in [6, 6.07) is 8.30. The van der Waals surface area contributed by atoms with Gasteiger partial charge in [0.1, 0.15) is 5.82 Å². The standard InChI is InChI=1S/C13H16ClN3/c1-3-10-7-5-6-8-11(10)13-16-15-12(9-14)17(13)4-2/h5-8H,3-4,9H2,1-2H3. The summed E-state index contributed by atoms with van der Waals surface area (Å²) in [4.78, 5) is 0. The van der Waals surface area contributed by atoms with Gasteiger partial charge >= 0.3 is 0 Å². The number of aromatic nitrogens is 3. The van der Waals surface area contributed by atoms with Gasteiger partial charge in [0, 0.05) is 12.1 Å². The van der Waals surface area contributed by atoms with Gasteiger partial charge in [-0.2, -0.15) is 0 Å². The van der Waals surface area contributed by atoms with Crippen LogP contribution in [0, 0.1) is 0 Å². The van der Waals surface area contributed by atoms with Crippen LogP contribution < -0.4 is 0 Å². The number of rotatable bonds is 4. The predicted molar refractivity (Wildman–Crippen MR) is 70.1 cm³/mol. The maximum atomic E-state index is 5.86. The molecule has 1 aromatic heterocycles. The molecule has 90 valence electrons. The quantitative estimate of drug-likeness (QED) is 0.779. The van der Waals surface area contributed by atoms with Gasteiger partial charge in [-0.15, -0.1) is 21.8 Å². The maximum Gasteiger partial charge on any atom is 0.164 e. The summed E-state index contributed by atoms with van der Waals surface area (Å²) < 4.78 is 2.07. The lowest BCUT2D eigenvalue weighted by molar-refractivity contribution is 0.730. The topological polar surface area (TPSA) is 30.7 Å². The molecule has 0 aliphatic carbocycles. The molecule has 0 aliphatic heterocycles. The van der Waals surface area contributed by atoms with E-state index in [9.17, 15) is 0 Å². The molecule has 0 saturated heterocycles. The zero-order chi connectivity index (χ0) is 12.3. The molecule has 3 nitrogen and oxygen atoms in total. The smallest absolute Gasteiger partial charge is 0.164 e. The molecule has 17 heavy (non-hydrogen) atoms. The molecule has 0 spiro atoms. The van der Waals surface area contributed by atoms with Gasteiger partial charge in [0.2, 0.25) is 0 Å². The van der Waals surface area contributed by atoms with E-state index in [2.05, 4.69) is 46.8 Å². The summed E-state index contributed by atoms with van der Waals surface area (Å²) in [5, 5.41) is 8.40. The van der Waals surface area contributed by atoms with Gasteiger partial charge in [-0.1, -0.05) is 31.2 Å². The lowest BCUT2D eigenvalue weighted by Gasteiger charge is -2.09. The average Bonchev–Trinajstić information content (AvgIpc) is 2.81. The van der Waals surface area contributed by atoms with Gasteiger partial charge in [0.15, 0.2) is 5.82 Å². The number of aryl methyl sites for hydroxylation is 1. The molecular weight excluding hydrogens is 234 g/mol. The fraction of sp³-hybridized carbons (Fsp3) is 0.385. The molecular formula is C13H16ClN3. The summed E-state index contributed by atoms with van der Waals surface area (Å²) in [5.41, 5.74) is 2.44. The number of nitrogens with zero attached hydrogens (tertiary/aromatic N) is 3. The zero-order valence-corrected chi connectivity index (χ0v) is 10.9. The molecule has 0 amide bonds. The van der Waals surface area contributed by atoms with E-state index in [-0.39, 0.29) is 0 Å². The molecule has 0 aliphatic rings. The molecule has 2 aromatic rings. The molecule has 0 atom stereocenters. The van der Waals surface area contributed by atoms with Crippen LogP contribution in [0.25, 0.3) is 11.4 Å². The monoisotopic (exact) mass is 249 g/mol. The second kappa shape index (κ2) is 5.32. The Bertz CT molecular complexity index is 505. The van der Waals surface area contributed by atoms with Gasteiger partial charge in [-0.05, 0) is 18.9 Å². The molecule has 0 N–H and O–H groups in total. The molecule has 1 aromatic carbocycles. The predicted octanol–water partition coefficient (Wildman–Crippen LogP) is 3.27. The van der Waals surface area contributed by atoms with Crippen LogP contribution in [0.2, 0.25) is 0 Å². The highest BCUT2D eigenvalue weighted by molar-refractivity contribution is 6.16. The first-order valence-electron chi connectivity index (χ1n) is 5.88. The highest BCUT2D eigenvalue weighted by atomic mass is 35.5. The van der Waals surface area contributed by atoms with Crippen molar-refractivity contribution < 1.29 is 0 Å². The Morgan fingerprint density at radius 3 is 2.59 bits per heavy atom. The van der Waals surface area contributed by atoms with E-state index in [0.29, 0.717) is 5.88 Å². The summed E-state index contributed by atoms with van der Waals surface area (Å²) in [6.07, 6.45) is 0.989. The zero-order valence-electron chi connectivity index (χ0n) is 10.2. The second-order valence-electron chi connectivity index (χ2n) is 3.83. The molecule has 2 rings (SSSR count). The first-order valence-corrected chi connectivity index (χ1v) is 6.41. The third-order valence-electron chi connectivity index (χ3n) is 2.90. The summed E-state index contributed by atoms with van der Waals surface area (Å²) in [5.74, 6) is 2.14. The third kappa shape index (κ3) is 2.20. The Kier molecular flexibility index (Phi) is 3.79. The third-order valence-corrected chi connectivity index (χ3v) is 3.14. The SMILES string of the molecule is CCc1ccccc1-c1nnc(CCl)n1CC. The molecule has 0 radical (unpaired) electrons. The molecule has 0 fully saturated rings. The van der Waals surface area contributed by atoms with E-state index < -0.39 is 0 Å². The average molecular weight is 250 g/mol. The first-order chi connectivity index (χ1) is 8.31. The van der Waals surface area contributed by atoms with Crippen LogP contribution in [-0.4, -0.2) is 14.8 Å². The van der Waals surface area contributed by atoms with Crippen molar-refractivity contribution >= 4 is 11.6 Å². The first kappa shape index (κ1) is 12.1. The Labute approximate surface area is 106 Å². The minimum absolute atomic E-state index is 0.398. The van der Waals surface area contributed by atoms with Crippen LogP contribution >= 0.6 is 11.6 Å². The van der Waals surface area contributed by atoms with Gasteiger partial charge in [0.25, 0.3) is 0 Å². The van der Waals surface area contributed by atoms with Gasteiger partial charge in [-0.25, -0.2) is 0 Å². The van der Waals surface area contributed by atoms with Crippen LogP contribution in [0.15, 0.2) is 24.3 Å². The van der Waals surface area contributed by atoms with Crippen molar-refractivity contribution in [3.63, 3.8) is 0 Å². The van der Waals surface area contributed by atoms with E-state index in [4.69, 9.17) is 11.6 Å². The van der Waals surface area contributed by atoms with Crippen molar-refractivity contribution in [2.24, 2.45) is 0 Å². The number of hydrogen-bond donors (Lipinski definition) is 0. The Morgan fingerprint density at radius 1 is 1.18 bits per heavy atom. The van der Waals surface area contributed by atoms with Crippen molar-refractivity contribution in [3.8, 4) is 11.4 Å². The molecule has 0 unspecified atom stereocenters. The van der Waals surface area contributed by atoms with Crippen LogP contribution in [0.5, 0.6) is 0 Å². The van der Waals surface area contributed by atoms with E-state index in [1.54, 1.807) is 0 Å². The van der Waals surface area contributed by atoms with Crippen LogP contribution in [-0.2, 0) is 18.8 Å². The van der Waals surface area contributed by atoms with E-state index in [1.807, 2.05) is 6.07 Å². The Balaban J connectivity index is 2.56. The lowest BCUT2D eigenvalue weighted by Crippen LogP contribution is -2.03. The van der Waals surface area contributed by atoms with Gasteiger partial charge < -0.3 is 4.57 Å². The number of benzene rings is 1. The molecule has 0 bridgehead atoms. The Morgan fingerprint density at radius 2 is 1.94 bits per heavy atom. The minimum atomic E-state index is 0.398. The fourth-order valence-electron chi connectivity index (χ4n) is 2.01. The van der Waals surface area contributed by atoms with Crippen molar-refractivity contribution in [3.05, 3.63) is 35.7 Å². The number of alkyl halides is 1. The summed E-state index contributed by atoms with van der Waals surface area (Å²) in [6.45, 7) is 5.06. The van der Waals surface area contributed by atoms with Crippen LogP contribution in [0.1, 0.15) is 25.2 Å². The normalized spacial score (nSPS) is 10.8. The lowest BCUT2D eigenvalue weighted by atomic mass is 10.0. The molecule has 4 heteroatoms. The Hall–Kier alpha value is -1.35. The van der Waals surface area contributed by atoms with E-state index >= 15 is 0 Å². The van der Waals surface area contributed by atoms with E-state index in [1.165, 1.54) is 5.56 Å². The van der Waals surface area contributed by atoms with Crippen molar-refractivity contribution in [2.75, 3.05) is 0 Å². The number of hydrogen-bond acceptors (Lipinski definition) is 2. The van der Waals surface area contributed by atoms with Crippen LogP contribution in [0.4, 0.5) is 0 Å². The van der Waals surface area contributed by atoms with Gasteiger partial charge in [0.05, 0.1) is 5.88 Å². The molecule has 1 heterocycles. The number of halogens is 1. The maximum absolute atomic E-state index is 5.86. The molecule has 0 saturated carbocycles. The minimum Gasteiger partial charge on any atom is -0.310 e. The summed E-state index contributed by atoms with van der Waals surface area (Å²) in [7, 11) is 0.